The Morgan fingerprint density at radius 1 is 1.15 bits per heavy atom. The SMILES string of the molecule is CC1=C(Nc2cc(-c3ccccc3Cl)nc(C)c2C)C2=C(C=CCC2)NC1. The number of rotatable bonds is 3. The summed E-state index contributed by atoms with van der Waals surface area (Å²) in [7, 11) is 0. The molecule has 0 unspecified atom stereocenters. The highest BCUT2D eigenvalue weighted by Gasteiger charge is 2.21. The van der Waals surface area contributed by atoms with E-state index in [2.05, 4.69) is 49.6 Å². The molecule has 0 atom stereocenters. The van der Waals surface area contributed by atoms with E-state index in [0.717, 1.165) is 52.6 Å². The van der Waals surface area contributed by atoms with E-state index in [0.29, 0.717) is 0 Å². The fourth-order valence-electron chi connectivity index (χ4n) is 3.65. The summed E-state index contributed by atoms with van der Waals surface area (Å²) in [4.78, 5) is 4.78. The first-order chi connectivity index (χ1) is 13.0. The van der Waals surface area contributed by atoms with Crippen molar-refractivity contribution in [1.29, 1.82) is 0 Å². The Balaban J connectivity index is 1.77. The molecular formula is C23H24ClN3. The first-order valence-electron chi connectivity index (χ1n) is 9.38. The van der Waals surface area contributed by atoms with Crippen molar-refractivity contribution in [3.63, 3.8) is 0 Å². The van der Waals surface area contributed by atoms with Crippen molar-refractivity contribution in [3.8, 4) is 11.3 Å². The van der Waals surface area contributed by atoms with Crippen LogP contribution >= 0.6 is 11.6 Å². The van der Waals surface area contributed by atoms with Gasteiger partial charge in [0.1, 0.15) is 0 Å². The molecule has 0 saturated heterocycles. The predicted octanol–water partition coefficient (Wildman–Crippen LogP) is 5.91. The lowest BCUT2D eigenvalue weighted by molar-refractivity contribution is 0.795. The number of allylic oxidation sites excluding steroid dienone is 3. The summed E-state index contributed by atoms with van der Waals surface area (Å²) in [6.45, 7) is 7.23. The Morgan fingerprint density at radius 3 is 2.78 bits per heavy atom. The fraction of sp³-hybridized carbons (Fsp3) is 0.261. The molecule has 0 fully saturated rings. The molecule has 0 radical (unpaired) electrons. The van der Waals surface area contributed by atoms with Gasteiger partial charge in [0.05, 0.1) is 5.69 Å². The number of nitrogens with zero attached hydrogens (tertiary/aromatic N) is 1. The Morgan fingerprint density at radius 2 is 1.96 bits per heavy atom. The van der Waals surface area contributed by atoms with Crippen molar-refractivity contribution in [3.05, 3.63) is 81.3 Å². The highest BCUT2D eigenvalue weighted by molar-refractivity contribution is 6.33. The molecule has 1 aliphatic heterocycles. The lowest BCUT2D eigenvalue weighted by Crippen LogP contribution is -2.27. The lowest BCUT2D eigenvalue weighted by atomic mass is 9.93. The van der Waals surface area contributed by atoms with Gasteiger partial charge >= 0.3 is 0 Å². The van der Waals surface area contributed by atoms with Gasteiger partial charge in [0, 0.05) is 39.9 Å². The van der Waals surface area contributed by atoms with Crippen LogP contribution in [0.2, 0.25) is 5.02 Å². The molecule has 1 aromatic heterocycles. The van der Waals surface area contributed by atoms with Gasteiger partial charge in [-0.2, -0.15) is 0 Å². The van der Waals surface area contributed by atoms with Gasteiger partial charge in [-0.05, 0) is 68.5 Å². The highest BCUT2D eigenvalue weighted by Crippen LogP contribution is 2.34. The van der Waals surface area contributed by atoms with Crippen LogP contribution in [0.4, 0.5) is 5.69 Å². The van der Waals surface area contributed by atoms with Crippen molar-refractivity contribution in [2.45, 2.75) is 33.6 Å². The summed E-state index contributed by atoms with van der Waals surface area (Å²) in [5.74, 6) is 0. The van der Waals surface area contributed by atoms with Crippen molar-refractivity contribution >= 4 is 17.3 Å². The van der Waals surface area contributed by atoms with Crippen LogP contribution in [0.25, 0.3) is 11.3 Å². The normalized spacial score (nSPS) is 16.3. The van der Waals surface area contributed by atoms with E-state index in [4.69, 9.17) is 16.6 Å². The Kier molecular flexibility index (Phi) is 4.79. The minimum Gasteiger partial charge on any atom is -0.381 e. The smallest absolute Gasteiger partial charge is 0.0741 e. The van der Waals surface area contributed by atoms with Crippen LogP contribution in [0.5, 0.6) is 0 Å². The van der Waals surface area contributed by atoms with Crippen LogP contribution in [-0.2, 0) is 0 Å². The number of pyridine rings is 1. The predicted molar refractivity (Wildman–Crippen MR) is 114 cm³/mol. The van der Waals surface area contributed by atoms with Gasteiger partial charge in [-0.3, -0.25) is 4.98 Å². The third-order valence-electron chi connectivity index (χ3n) is 5.37. The summed E-state index contributed by atoms with van der Waals surface area (Å²) < 4.78 is 0. The molecular weight excluding hydrogens is 354 g/mol. The highest BCUT2D eigenvalue weighted by atomic mass is 35.5. The quantitative estimate of drug-likeness (QED) is 0.697. The van der Waals surface area contributed by atoms with E-state index < -0.39 is 0 Å². The number of aromatic nitrogens is 1. The second-order valence-corrected chi connectivity index (χ2v) is 7.62. The number of halogens is 1. The van der Waals surface area contributed by atoms with Crippen LogP contribution in [0, 0.1) is 13.8 Å². The maximum Gasteiger partial charge on any atom is 0.0741 e. The Hall–Kier alpha value is -2.52. The molecule has 2 N–H and O–H groups in total. The molecule has 138 valence electrons. The Bertz CT molecular complexity index is 999. The van der Waals surface area contributed by atoms with Crippen molar-refractivity contribution in [2.75, 3.05) is 11.9 Å². The van der Waals surface area contributed by atoms with Crippen molar-refractivity contribution in [1.82, 2.24) is 10.3 Å². The number of hydrogen-bond acceptors (Lipinski definition) is 3. The molecule has 4 rings (SSSR count). The van der Waals surface area contributed by atoms with Gasteiger partial charge in [-0.1, -0.05) is 35.9 Å². The summed E-state index contributed by atoms with van der Waals surface area (Å²) in [6.07, 6.45) is 6.57. The number of nitrogens with one attached hydrogen (secondary N) is 2. The van der Waals surface area contributed by atoms with Gasteiger partial charge in [0.25, 0.3) is 0 Å². The zero-order valence-corrected chi connectivity index (χ0v) is 16.7. The average Bonchev–Trinajstić information content (AvgIpc) is 2.67. The van der Waals surface area contributed by atoms with Crippen LogP contribution in [0.3, 0.4) is 0 Å². The molecule has 2 heterocycles. The van der Waals surface area contributed by atoms with Crippen LogP contribution in [0.1, 0.15) is 31.0 Å². The molecule has 0 bridgehead atoms. The summed E-state index contributed by atoms with van der Waals surface area (Å²) in [5, 5.41) is 7.98. The molecule has 0 spiro atoms. The molecule has 1 aromatic carbocycles. The van der Waals surface area contributed by atoms with Gasteiger partial charge < -0.3 is 10.6 Å². The zero-order valence-electron chi connectivity index (χ0n) is 16.0. The van der Waals surface area contributed by atoms with Crippen molar-refractivity contribution in [2.24, 2.45) is 0 Å². The number of dihydropyridines is 1. The largest absolute Gasteiger partial charge is 0.381 e. The summed E-state index contributed by atoms with van der Waals surface area (Å²) in [5.41, 5.74) is 10.3. The van der Waals surface area contributed by atoms with E-state index in [1.807, 2.05) is 24.3 Å². The second kappa shape index (κ2) is 7.24. The molecule has 0 saturated carbocycles. The van der Waals surface area contributed by atoms with E-state index in [-0.39, 0.29) is 0 Å². The molecule has 0 amide bonds. The summed E-state index contributed by atoms with van der Waals surface area (Å²) in [6, 6.07) is 9.98. The minimum absolute atomic E-state index is 0.721. The molecule has 27 heavy (non-hydrogen) atoms. The fourth-order valence-corrected chi connectivity index (χ4v) is 3.89. The van der Waals surface area contributed by atoms with Gasteiger partial charge in [0.2, 0.25) is 0 Å². The maximum atomic E-state index is 6.42. The van der Waals surface area contributed by atoms with E-state index in [9.17, 15) is 0 Å². The third-order valence-corrected chi connectivity index (χ3v) is 5.70. The van der Waals surface area contributed by atoms with E-state index in [1.165, 1.54) is 22.5 Å². The summed E-state index contributed by atoms with van der Waals surface area (Å²) >= 11 is 6.42. The molecule has 4 heteroatoms. The maximum absolute atomic E-state index is 6.42. The molecule has 3 nitrogen and oxygen atoms in total. The molecule has 2 aliphatic rings. The number of hydrogen-bond donors (Lipinski definition) is 2. The standard InChI is InChI=1S/C23H24ClN3/c1-14-13-25-20-11-7-5-9-18(20)23(14)27-21-12-22(26-16(3)15(21)2)17-8-4-6-10-19(17)24/h4,6-8,10-12,25H,5,9,13H2,1-3H3,(H,26,27). The molecule has 2 aromatic rings. The minimum atomic E-state index is 0.721. The van der Waals surface area contributed by atoms with E-state index >= 15 is 0 Å². The van der Waals surface area contributed by atoms with Gasteiger partial charge in [-0.15, -0.1) is 0 Å². The number of benzene rings is 1. The second-order valence-electron chi connectivity index (χ2n) is 7.21. The van der Waals surface area contributed by atoms with Gasteiger partial charge in [-0.25, -0.2) is 0 Å². The monoisotopic (exact) mass is 377 g/mol. The number of anilines is 1. The third kappa shape index (κ3) is 3.40. The van der Waals surface area contributed by atoms with Crippen LogP contribution in [0.15, 0.2) is 65.0 Å². The zero-order chi connectivity index (χ0) is 19.0. The Labute approximate surface area is 165 Å². The first kappa shape index (κ1) is 17.9. The topological polar surface area (TPSA) is 37.0 Å². The van der Waals surface area contributed by atoms with Crippen LogP contribution < -0.4 is 10.6 Å². The first-order valence-corrected chi connectivity index (χ1v) is 9.76. The molecule has 1 aliphatic carbocycles. The van der Waals surface area contributed by atoms with Crippen LogP contribution in [-0.4, -0.2) is 11.5 Å². The van der Waals surface area contributed by atoms with Crippen molar-refractivity contribution < 1.29 is 0 Å². The van der Waals surface area contributed by atoms with Gasteiger partial charge in [0.15, 0.2) is 0 Å². The van der Waals surface area contributed by atoms with E-state index in [1.54, 1.807) is 0 Å². The lowest BCUT2D eigenvalue weighted by Gasteiger charge is -2.28. The number of aryl methyl sites for hydroxylation is 1. The average molecular weight is 378 g/mol.